The fourth-order valence-electron chi connectivity index (χ4n) is 3.54. The number of hydrogen-bond acceptors (Lipinski definition) is 13. The molecule has 2 aromatic heterocycles. The van der Waals surface area contributed by atoms with Gasteiger partial charge in [0, 0.05) is 6.42 Å². The molecule has 0 saturated carbocycles. The Morgan fingerprint density at radius 3 is 2.67 bits per heavy atom. The molecule has 0 aromatic carbocycles. The number of imidazole rings is 1. The second-order valence-electron chi connectivity index (χ2n) is 7.05. The number of ether oxygens (including phenoxy) is 2. The van der Waals surface area contributed by atoms with E-state index in [0.717, 1.165) is 0 Å². The van der Waals surface area contributed by atoms with E-state index in [0.29, 0.717) is 11.2 Å². The first-order valence-electron chi connectivity index (χ1n) is 8.91. The number of aliphatic hydroxyl groups excluding tert-OH is 1. The predicted molar refractivity (Wildman–Crippen MR) is 109 cm³/mol. The van der Waals surface area contributed by atoms with Gasteiger partial charge in [0.05, 0.1) is 19.5 Å². The van der Waals surface area contributed by atoms with Gasteiger partial charge in [0.15, 0.2) is 17.7 Å². The topological polar surface area (TPSA) is 251 Å². The van der Waals surface area contributed by atoms with Gasteiger partial charge in [0.2, 0.25) is 0 Å². The third kappa shape index (κ3) is 5.19. The molecule has 4 heterocycles. The Labute approximate surface area is 189 Å². The lowest BCUT2D eigenvalue weighted by Gasteiger charge is -2.35. The number of aromatic nitrogens is 4. The molecule has 0 aliphatic carbocycles. The van der Waals surface area contributed by atoms with Crippen molar-refractivity contribution >= 4 is 51.2 Å². The Balaban J connectivity index is 1.53. The fraction of sp³-hybridized carbons (Fsp3) is 0.583. The van der Waals surface area contributed by atoms with Gasteiger partial charge < -0.3 is 44.4 Å². The maximum absolute atomic E-state index is 11.7. The standard InChI is InChI=1S/C12H18N5O12P3S/c13-9-6-10(15-4-14-9)17(5-16-6)11-7-8(18)12(27-11,1-2-25-7)3-26-32(24,33)29-31(22,23)28-30(19,20)21/h4-5,7-8,11,18H,1-3H2,(H,22,23)(H,24,33)(H2,13,14,15)(H2,19,20,21)/t7-,8+,11-,12-,32?/m1/s1. The molecule has 2 aliphatic rings. The summed E-state index contributed by atoms with van der Waals surface area (Å²) in [6, 6.07) is 0. The lowest BCUT2D eigenvalue weighted by atomic mass is 9.90. The zero-order chi connectivity index (χ0) is 24.2. The molecule has 0 radical (unpaired) electrons. The lowest BCUT2D eigenvalue weighted by molar-refractivity contribution is -0.140. The van der Waals surface area contributed by atoms with Gasteiger partial charge in [-0.05, 0) is 11.8 Å². The summed E-state index contributed by atoms with van der Waals surface area (Å²) in [4.78, 5) is 48.9. The minimum absolute atomic E-state index is 0.0655. The van der Waals surface area contributed by atoms with Crippen molar-refractivity contribution in [2.75, 3.05) is 18.9 Å². The highest BCUT2D eigenvalue weighted by Crippen LogP contribution is 2.66. The molecule has 17 nitrogen and oxygen atoms in total. The predicted octanol–water partition coefficient (Wildman–Crippen LogP) is -0.714. The van der Waals surface area contributed by atoms with Gasteiger partial charge in [-0.15, -0.1) is 0 Å². The second kappa shape index (κ2) is 8.62. The summed E-state index contributed by atoms with van der Waals surface area (Å²) in [5, 5.41) is 10.8. The summed E-state index contributed by atoms with van der Waals surface area (Å²) in [6.45, 7) is -5.11. The number of nitrogens with two attached hydrogens (primary N) is 1. The van der Waals surface area contributed by atoms with Crippen LogP contribution in [-0.2, 0) is 43.6 Å². The molecule has 2 unspecified atom stereocenters. The highest BCUT2D eigenvalue weighted by molar-refractivity contribution is 8.08. The first-order valence-corrected chi connectivity index (χ1v) is 14.5. The monoisotopic (exact) mass is 549 g/mol. The SMILES string of the molecule is Nc1ncnc2c1ncn2[C@@H]1O[C@@]2(COP(O)(=S)OP(=O)(O)OP(=O)(O)O)CCO[C@@H]1[C@@H]2O. The van der Waals surface area contributed by atoms with Crippen molar-refractivity contribution in [2.45, 2.75) is 30.5 Å². The average molecular weight is 549 g/mol. The van der Waals surface area contributed by atoms with Crippen LogP contribution in [0.15, 0.2) is 12.7 Å². The number of nitrogens with zero attached hydrogens (tertiary/aromatic N) is 4. The van der Waals surface area contributed by atoms with Crippen LogP contribution in [0.3, 0.4) is 0 Å². The number of anilines is 1. The zero-order valence-electron chi connectivity index (χ0n) is 16.2. The molecule has 0 amide bonds. The molecule has 2 saturated heterocycles. The highest BCUT2D eigenvalue weighted by Gasteiger charge is 2.59. The van der Waals surface area contributed by atoms with Gasteiger partial charge in [-0.1, -0.05) is 0 Å². The van der Waals surface area contributed by atoms with Crippen LogP contribution in [0.5, 0.6) is 0 Å². The van der Waals surface area contributed by atoms with E-state index in [1.165, 1.54) is 17.2 Å². The summed E-state index contributed by atoms with van der Waals surface area (Å²) in [5.41, 5.74) is 4.90. The van der Waals surface area contributed by atoms with Crippen molar-refractivity contribution in [3.63, 3.8) is 0 Å². The number of hydrogen-bond donors (Lipinski definition) is 6. The van der Waals surface area contributed by atoms with Crippen LogP contribution in [0, 0.1) is 0 Å². The van der Waals surface area contributed by atoms with E-state index < -0.39 is 53.0 Å². The summed E-state index contributed by atoms with van der Waals surface area (Å²) in [5.74, 6) is 0.128. The van der Waals surface area contributed by atoms with E-state index in [-0.39, 0.29) is 18.8 Å². The van der Waals surface area contributed by atoms with E-state index in [1.54, 1.807) is 0 Å². The number of fused-ring (bicyclic) bond motifs is 3. The van der Waals surface area contributed by atoms with Crippen LogP contribution in [-0.4, -0.2) is 75.2 Å². The third-order valence-electron chi connectivity index (χ3n) is 4.87. The van der Waals surface area contributed by atoms with Crippen molar-refractivity contribution in [2.24, 2.45) is 0 Å². The average Bonchev–Trinajstić information content (AvgIpc) is 3.12. The maximum atomic E-state index is 11.7. The minimum atomic E-state index is -5.48. The van der Waals surface area contributed by atoms with Gasteiger partial charge in [-0.3, -0.25) is 4.57 Å². The van der Waals surface area contributed by atoms with Gasteiger partial charge in [-0.2, -0.15) is 4.31 Å². The van der Waals surface area contributed by atoms with Gasteiger partial charge in [0.1, 0.15) is 29.7 Å². The molecule has 6 atom stereocenters. The van der Waals surface area contributed by atoms with Gasteiger partial charge >= 0.3 is 22.4 Å². The van der Waals surface area contributed by atoms with E-state index in [4.69, 9.17) is 29.5 Å². The molecular weight excluding hydrogens is 531 g/mol. The van der Waals surface area contributed by atoms with Crippen molar-refractivity contribution in [3.8, 4) is 0 Å². The van der Waals surface area contributed by atoms with Crippen LogP contribution in [0.1, 0.15) is 12.6 Å². The molecule has 2 aliphatic heterocycles. The van der Waals surface area contributed by atoms with E-state index in [9.17, 15) is 24.0 Å². The van der Waals surface area contributed by atoms with E-state index in [2.05, 4.69) is 35.4 Å². The Bertz CT molecular complexity index is 1210. The largest absolute Gasteiger partial charge is 0.488 e. The van der Waals surface area contributed by atoms with Gasteiger partial charge in [-0.25, -0.2) is 28.4 Å². The molecule has 21 heteroatoms. The highest BCUT2D eigenvalue weighted by atomic mass is 32.5. The third-order valence-corrected chi connectivity index (χ3v) is 9.57. The van der Waals surface area contributed by atoms with Crippen LogP contribution < -0.4 is 5.73 Å². The second-order valence-corrected chi connectivity index (χ2v) is 12.9. The van der Waals surface area contributed by atoms with Gasteiger partial charge in [0.25, 0.3) is 0 Å². The van der Waals surface area contributed by atoms with Crippen molar-refractivity contribution < 1.29 is 56.4 Å². The molecule has 33 heavy (non-hydrogen) atoms. The first kappa shape index (κ1) is 25.2. The first-order chi connectivity index (χ1) is 15.2. The number of rotatable bonds is 8. The van der Waals surface area contributed by atoms with Crippen molar-refractivity contribution in [3.05, 3.63) is 12.7 Å². The van der Waals surface area contributed by atoms with Crippen molar-refractivity contribution in [1.82, 2.24) is 19.5 Å². The summed E-state index contributed by atoms with van der Waals surface area (Å²) in [6.07, 6.45) is -0.530. The van der Waals surface area contributed by atoms with E-state index >= 15 is 0 Å². The van der Waals surface area contributed by atoms with E-state index in [1.807, 2.05) is 0 Å². The summed E-state index contributed by atoms with van der Waals surface area (Å²) < 4.78 is 48.5. The Kier molecular flexibility index (Phi) is 6.57. The van der Waals surface area contributed by atoms with Crippen LogP contribution in [0.25, 0.3) is 11.2 Å². The molecule has 184 valence electrons. The number of phosphoric acid groups is 2. The van der Waals surface area contributed by atoms with Crippen molar-refractivity contribution in [1.29, 1.82) is 0 Å². The van der Waals surface area contributed by atoms with Crippen LogP contribution in [0.4, 0.5) is 5.82 Å². The maximum Gasteiger partial charge on any atom is 0.488 e. The normalized spacial score (nSPS) is 31.4. The quantitative estimate of drug-likeness (QED) is 0.222. The summed E-state index contributed by atoms with van der Waals surface area (Å²) in [7, 11) is -10.9. The Hall–Kier alpha value is -0.940. The molecule has 7 N–H and O–H groups in total. The Morgan fingerprint density at radius 1 is 1.24 bits per heavy atom. The Morgan fingerprint density at radius 2 is 1.97 bits per heavy atom. The fourth-order valence-corrected chi connectivity index (χ4v) is 7.53. The lowest BCUT2D eigenvalue weighted by Crippen LogP contribution is -2.51. The summed E-state index contributed by atoms with van der Waals surface area (Å²) >= 11 is 4.63. The molecule has 4 rings (SSSR count). The zero-order valence-corrected chi connectivity index (χ0v) is 19.7. The smallest absolute Gasteiger partial charge is 0.387 e. The molecule has 2 bridgehead atoms. The number of aliphatic hydroxyl groups is 1. The minimum Gasteiger partial charge on any atom is -0.387 e. The molecule has 2 aromatic rings. The molecule has 0 spiro atoms. The molecule has 2 fully saturated rings. The molecular formula is C12H18N5O12P3S. The number of nitrogen functional groups attached to an aromatic ring is 1. The van der Waals surface area contributed by atoms with Crippen LogP contribution in [0.2, 0.25) is 0 Å². The van der Waals surface area contributed by atoms with Crippen LogP contribution >= 0.6 is 22.4 Å².